The average molecular weight is 231 g/mol. The zero-order valence-electron chi connectivity index (χ0n) is 9.85. The van der Waals surface area contributed by atoms with Crippen LogP contribution < -0.4 is 0 Å². The highest BCUT2D eigenvalue weighted by Gasteiger charge is 2.26. The Labute approximate surface area is 96.3 Å². The van der Waals surface area contributed by atoms with Gasteiger partial charge in [-0.25, -0.2) is 0 Å². The Morgan fingerprint density at radius 1 is 1.56 bits per heavy atom. The van der Waals surface area contributed by atoms with Gasteiger partial charge in [0, 0.05) is 13.2 Å². The fourth-order valence-corrected chi connectivity index (χ4v) is 1.68. The molecule has 1 aliphatic heterocycles. The Kier molecular flexibility index (Phi) is 6.37. The van der Waals surface area contributed by atoms with Gasteiger partial charge >= 0.3 is 0 Å². The largest absolute Gasteiger partial charge is 0.394 e. The van der Waals surface area contributed by atoms with Crippen LogP contribution in [0.2, 0.25) is 0 Å². The normalized spacial score (nSPS) is 21.1. The molecule has 0 aliphatic carbocycles. The lowest BCUT2D eigenvalue weighted by Crippen LogP contribution is -2.50. The topological polar surface area (TPSA) is 59.0 Å². The molecule has 0 aromatic heterocycles. The van der Waals surface area contributed by atoms with Crippen LogP contribution in [0.25, 0.3) is 0 Å². The van der Waals surface area contributed by atoms with Gasteiger partial charge < -0.3 is 19.5 Å². The van der Waals surface area contributed by atoms with Crippen LogP contribution >= 0.6 is 0 Å². The average Bonchev–Trinajstić information content (AvgIpc) is 2.34. The molecule has 1 aliphatic rings. The molecule has 1 amide bonds. The first-order valence-electron chi connectivity index (χ1n) is 5.85. The number of ether oxygens (including phenoxy) is 2. The highest BCUT2D eigenvalue weighted by atomic mass is 16.5. The molecule has 94 valence electrons. The number of morpholine rings is 1. The Balaban J connectivity index is 2.27. The molecule has 0 radical (unpaired) electrons. The number of amides is 1. The quantitative estimate of drug-likeness (QED) is 0.655. The number of aliphatic hydroxyl groups is 1. The molecule has 0 bridgehead atoms. The summed E-state index contributed by atoms with van der Waals surface area (Å²) < 4.78 is 10.5. The summed E-state index contributed by atoms with van der Waals surface area (Å²) in [4.78, 5) is 13.5. The first-order valence-corrected chi connectivity index (χ1v) is 5.85. The van der Waals surface area contributed by atoms with Crippen molar-refractivity contribution in [2.45, 2.75) is 25.8 Å². The Bertz CT molecular complexity index is 210. The standard InChI is InChI=1S/C11H21NO4/c1-2-5-15-6-3-11(14)12-4-7-16-9-10(12)8-13/h10,13H,2-9H2,1H3. The zero-order valence-corrected chi connectivity index (χ0v) is 9.85. The van der Waals surface area contributed by atoms with E-state index in [1.54, 1.807) is 4.90 Å². The lowest BCUT2D eigenvalue weighted by molar-refractivity contribution is -0.142. The summed E-state index contributed by atoms with van der Waals surface area (Å²) in [5.41, 5.74) is 0. The molecule has 0 saturated carbocycles. The molecular formula is C11H21NO4. The number of aliphatic hydroxyl groups excluding tert-OH is 1. The van der Waals surface area contributed by atoms with Crippen LogP contribution in [0.1, 0.15) is 19.8 Å². The smallest absolute Gasteiger partial charge is 0.225 e. The minimum atomic E-state index is -0.188. The number of nitrogens with zero attached hydrogens (tertiary/aromatic N) is 1. The van der Waals surface area contributed by atoms with E-state index in [9.17, 15) is 4.79 Å². The van der Waals surface area contributed by atoms with Gasteiger partial charge in [0.15, 0.2) is 0 Å². The van der Waals surface area contributed by atoms with E-state index in [1.165, 1.54) is 0 Å². The van der Waals surface area contributed by atoms with Crippen molar-refractivity contribution in [2.75, 3.05) is 39.6 Å². The molecule has 0 aromatic carbocycles. The van der Waals surface area contributed by atoms with Crippen molar-refractivity contribution in [3.63, 3.8) is 0 Å². The minimum absolute atomic E-state index is 0.0401. The first-order chi connectivity index (χ1) is 7.79. The zero-order chi connectivity index (χ0) is 11.8. The third-order valence-corrected chi connectivity index (χ3v) is 2.57. The SMILES string of the molecule is CCCOCCC(=O)N1CCOCC1CO. The minimum Gasteiger partial charge on any atom is -0.394 e. The summed E-state index contributed by atoms with van der Waals surface area (Å²) in [6.07, 6.45) is 1.35. The van der Waals surface area contributed by atoms with Gasteiger partial charge in [0.1, 0.15) is 0 Å². The van der Waals surface area contributed by atoms with Crippen molar-refractivity contribution in [3.05, 3.63) is 0 Å². The van der Waals surface area contributed by atoms with E-state index in [0.717, 1.165) is 6.42 Å². The molecule has 1 heterocycles. The van der Waals surface area contributed by atoms with Crippen LogP contribution in [0.4, 0.5) is 0 Å². The van der Waals surface area contributed by atoms with Gasteiger partial charge in [-0.3, -0.25) is 4.79 Å². The molecule has 0 spiro atoms. The molecule has 1 saturated heterocycles. The molecule has 5 nitrogen and oxygen atoms in total. The van der Waals surface area contributed by atoms with Crippen molar-refractivity contribution in [2.24, 2.45) is 0 Å². The van der Waals surface area contributed by atoms with Gasteiger partial charge in [0.25, 0.3) is 0 Å². The molecule has 1 unspecified atom stereocenters. The highest BCUT2D eigenvalue weighted by Crippen LogP contribution is 2.08. The Morgan fingerprint density at radius 2 is 2.38 bits per heavy atom. The lowest BCUT2D eigenvalue weighted by Gasteiger charge is -2.34. The third-order valence-electron chi connectivity index (χ3n) is 2.57. The summed E-state index contributed by atoms with van der Waals surface area (Å²) >= 11 is 0. The van der Waals surface area contributed by atoms with Crippen molar-refractivity contribution in [1.29, 1.82) is 0 Å². The third kappa shape index (κ3) is 4.08. The molecule has 1 atom stereocenters. The van der Waals surface area contributed by atoms with E-state index in [0.29, 0.717) is 39.4 Å². The fourth-order valence-electron chi connectivity index (χ4n) is 1.68. The predicted octanol–water partition coefficient (Wildman–Crippen LogP) is 0.0228. The van der Waals surface area contributed by atoms with Gasteiger partial charge in [0.05, 0.1) is 38.9 Å². The first kappa shape index (κ1) is 13.4. The van der Waals surface area contributed by atoms with Crippen molar-refractivity contribution < 1.29 is 19.4 Å². The van der Waals surface area contributed by atoms with Crippen LogP contribution in [0.3, 0.4) is 0 Å². The summed E-state index contributed by atoms with van der Waals surface area (Å²) in [6.45, 7) is 4.70. The fraction of sp³-hybridized carbons (Fsp3) is 0.909. The lowest BCUT2D eigenvalue weighted by atomic mass is 10.2. The summed E-state index contributed by atoms with van der Waals surface area (Å²) in [7, 11) is 0. The van der Waals surface area contributed by atoms with Gasteiger partial charge in [-0.2, -0.15) is 0 Å². The monoisotopic (exact) mass is 231 g/mol. The second-order valence-electron chi connectivity index (χ2n) is 3.86. The number of carbonyl (C=O) groups excluding carboxylic acids is 1. The van der Waals surface area contributed by atoms with E-state index in [4.69, 9.17) is 14.6 Å². The summed E-state index contributed by atoms with van der Waals surface area (Å²) in [6, 6.07) is -0.188. The van der Waals surface area contributed by atoms with E-state index in [1.807, 2.05) is 6.92 Å². The van der Waals surface area contributed by atoms with Crippen LogP contribution in [0.15, 0.2) is 0 Å². The van der Waals surface area contributed by atoms with Gasteiger partial charge in [-0.1, -0.05) is 6.92 Å². The van der Waals surface area contributed by atoms with Gasteiger partial charge in [-0.15, -0.1) is 0 Å². The molecule has 16 heavy (non-hydrogen) atoms. The van der Waals surface area contributed by atoms with Crippen LogP contribution in [0.5, 0.6) is 0 Å². The molecule has 0 aromatic rings. The second kappa shape index (κ2) is 7.60. The van der Waals surface area contributed by atoms with Crippen molar-refractivity contribution in [3.8, 4) is 0 Å². The van der Waals surface area contributed by atoms with E-state index >= 15 is 0 Å². The molecular weight excluding hydrogens is 210 g/mol. The Hall–Kier alpha value is -0.650. The number of hydrogen-bond donors (Lipinski definition) is 1. The maximum atomic E-state index is 11.8. The predicted molar refractivity (Wildman–Crippen MR) is 59.1 cm³/mol. The number of rotatable bonds is 6. The van der Waals surface area contributed by atoms with Crippen LogP contribution in [0, 0.1) is 0 Å². The molecule has 1 fully saturated rings. The van der Waals surface area contributed by atoms with Crippen LogP contribution in [-0.4, -0.2) is 61.5 Å². The van der Waals surface area contributed by atoms with E-state index in [-0.39, 0.29) is 18.6 Å². The van der Waals surface area contributed by atoms with Gasteiger partial charge in [0.2, 0.25) is 5.91 Å². The van der Waals surface area contributed by atoms with Gasteiger partial charge in [-0.05, 0) is 6.42 Å². The van der Waals surface area contributed by atoms with Crippen molar-refractivity contribution in [1.82, 2.24) is 4.90 Å². The highest BCUT2D eigenvalue weighted by molar-refractivity contribution is 5.76. The van der Waals surface area contributed by atoms with E-state index in [2.05, 4.69) is 0 Å². The summed E-state index contributed by atoms with van der Waals surface area (Å²) in [5.74, 6) is 0.0402. The maximum Gasteiger partial charge on any atom is 0.225 e. The Morgan fingerprint density at radius 3 is 3.06 bits per heavy atom. The van der Waals surface area contributed by atoms with E-state index < -0.39 is 0 Å². The van der Waals surface area contributed by atoms with Crippen LogP contribution in [-0.2, 0) is 14.3 Å². The molecule has 1 N–H and O–H groups in total. The summed E-state index contributed by atoms with van der Waals surface area (Å²) in [5, 5.41) is 9.11. The maximum absolute atomic E-state index is 11.8. The number of carbonyl (C=O) groups is 1. The molecule has 1 rings (SSSR count). The molecule has 5 heteroatoms. The van der Waals surface area contributed by atoms with Crippen molar-refractivity contribution >= 4 is 5.91 Å². The number of hydrogen-bond acceptors (Lipinski definition) is 4. The second-order valence-corrected chi connectivity index (χ2v) is 3.86.